The van der Waals surface area contributed by atoms with Gasteiger partial charge in [-0.15, -0.1) is 11.3 Å². The molecule has 0 bridgehead atoms. The van der Waals surface area contributed by atoms with E-state index in [2.05, 4.69) is 17.8 Å². The molecule has 9 heteroatoms. The van der Waals surface area contributed by atoms with Crippen molar-refractivity contribution < 1.29 is 18.0 Å². The number of likely N-dealkylation sites (N-methyl/N-ethyl adjacent to an activating group) is 1. The van der Waals surface area contributed by atoms with Gasteiger partial charge in [-0.05, 0) is 43.5 Å². The Balaban J connectivity index is 1.95. The van der Waals surface area contributed by atoms with Crippen LogP contribution in [0.1, 0.15) is 45.9 Å². The lowest BCUT2D eigenvalue weighted by Gasteiger charge is -2.17. The fraction of sp³-hybridized carbons (Fsp3) is 0.400. The highest BCUT2D eigenvalue weighted by atomic mass is 32.2. The molecule has 0 unspecified atom stereocenters. The van der Waals surface area contributed by atoms with E-state index in [1.807, 2.05) is 19.9 Å². The van der Waals surface area contributed by atoms with Gasteiger partial charge in [0.05, 0.1) is 16.3 Å². The van der Waals surface area contributed by atoms with Gasteiger partial charge in [-0.1, -0.05) is 38.0 Å². The Morgan fingerprint density at radius 2 is 1.76 bits per heavy atom. The SMILES string of the molecule is CCCc1sc(C(=O)NNC(=O)CN(C)S(=O)(=O)c2ccc(C)cc2)cc1CC. The Bertz CT molecular complexity index is 966. The molecule has 0 aliphatic carbocycles. The molecule has 0 spiro atoms. The number of rotatable bonds is 8. The molecule has 2 amide bonds. The smallest absolute Gasteiger partial charge is 0.272 e. The summed E-state index contributed by atoms with van der Waals surface area (Å²) < 4.78 is 26.0. The Labute approximate surface area is 176 Å². The molecule has 0 aliphatic heterocycles. The lowest BCUT2D eigenvalue weighted by atomic mass is 10.1. The third kappa shape index (κ3) is 5.88. The maximum Gasteiger partial charge on any atom is 0.279 e. The van der Waals surface area contributed by atoms with Gasteiger partial charge in [0.25, 0.3) is 11.8 Å². The van der Waals surface area contributed by atoms with Crippen molar-refractivity contribution >= 4 is 33.2 Å². The number of aryl methyl sites for hydroxylation is 3. The van der Waals surface area contributed by atoms with Crippen molar-refractivity contribution in [3.8, 4) is 0 Å². The van der Waals surface area contributed by atoms with Crippen molar-refractivity contribution in [2.45, 2.75) is 44.9 Å². The van der Waals surface area contributed by atoms with E-state index in [9.17, 15) is 18.0 Å². The van der Waals surface area contributed by atoms with Gasteiger partial charge in [0.2, 0.25) is 10.0 Å². The number of nitrogens with one attached hydrogen (secondary N) is 2. The number of hydrogen-bond acceptors (Lipinski definition) is 5. The van der Waals surface area contributed by atoms with Gasteiger partial charge in [0.1, 0.15) is 0 Å². The van der Waals surface area contributed by atoms with Crippen LogP contribution in [0.3, 0.4) is 0 Å². The molecule has 29 heavy (non-hydrogen) atoms. The summed E-state index contributed by atoms with van der Waals surface area (Å²) in [4.78, 5) is 26.3. The molecule has 0 saturated carbocycles. The molecule has 0 aliphatic rings. The molecule has 1 aromatic carbocycles. The zero-order valence-electron chi connectivity index (χ0n) is 17.1. The van der Waals surface area contributed by atoms with Crippen LogP contribution in [0.4, 0.5) is 0 Å². The van der Waals surface area contributed by atoms with Crippen molar-refractivity contribution in [3.63, 3.8) is 0 Å². The summed E-state index contributed by atoms with van der Waals surface area (Å²) in [6.07, 6.45) is 2.75. The zero-order chi connectivity index (χ0) is 21.6. The van der Waals surface area contributed by atoms with Crippen LogP contribution in [0.2, 0.25) is 0 Å². The number of hydrazine groups is 1. The van der Waals surface area contributed by atoms with Crippen LogP contribution in [0.15, 0.2) is 35.2 Å². The van der Waals surface area contributed by atoms with Crippen LogP contribution < -0.4 is 10.9 Å². The second kappa shape index (κ2) is 10.00. The summed E-state index contributed by atoms with van der Waals surface area (Å²) in [5.74, 6) is -1.04. The number of sulfonamides is 1. The Kier molecular flexibility index (Phi) is 7.95. The van der Waals surface area contributed by atoms with E-state index in [0.29, 0.717) is 4.88 Å². The maximum atomic E-state index is 12.5. The van der Waals surface area contributed by atoms with Gasteiger partial charge in [-0.25, -0.2) is 8.42 Å². The molecule has 2 N–H and O–H groups in total. The monoisotopic (exact) mass is 437 g/mol. The largest absolute Gasteiger partial charge is 0.279 e. The van der Waals surface area contributed by atoms with Gasteiger partial charge >= 0.3 is 0 Å². The molecular weight excluding hydrogens is 410 g/mol. The molecule has 0 fully saturated rings. The zero-order valence-corrected chi connectivity index (χ0v) is 18.7. The first kappa shape index (κ1) is 23.1. The van der Waals surface area contributed by atoms with Crippen LogP contribution in [0.5, 0.6) is 0 Å². The minimum absolute atomic E-state index is 0.108. The van der Waals surface area contributed by atoms with Crippen LogP contribution in [0.25, 0.3) is 0 Å². The fourth-order valence-corrected chi connectivity index (χ4v) is 5.10. The average Bonchev–Trinajstić information content (AvgIpc) is 3.09. The quantitative estimate of drug-likeness (QED) is 0.621. The van der Waals surface area contributed by atoms with E-state index in [-0.39, 0.29) is 4.90 Å². The molecular formula is C20H27N3O4S2. The number of benzene rings is 1. The van der Waals surface area contributed by atoms with E-state index < -0.39 is 28.4 Å². The molecule has 0 atom stereocenters. The van der Waals surface area contributed by atoms with Gasteiger partial charge < -0.3 is 0 Å². The van der Waals surface area contributed by atoms with E-state index in [4.69, 9.17) is 0 Å². The highest BCUT2D eigenvalue weighted by molar-refractivity contribution is 7.89. The van der Waals surface area contributed by atoms with Gasteiger partial charge in [-0.2, -0.15) is 4.31 Å². The van der Waals surface area contributed by atoms with E-state index >= 15 is 0 Å². The van der Waals surface area contributed by atoms with Gasteiger partial charge in [-0.3, -0.25) is 20.4 Å². The third-order valence-corrected chi connectivity index (χ3v) is 7.44. The highest BCUT2D eigenvalue weighted by Crippen LogP contribution is 2.24. The van der Waals surface area contributed by atoms with Crippen molar-refractivity contribution in [2.75, 3.05) is 13.6 Å². The van der Waals surface area contributed by atoms with Crippen molar-refractivity contribution in [3.05, 3.63) is 51.2 Å². The number of hydrogen-bond donors (Lipinski definition) is 2. The second-order valence-corrected chi connectivity index (χ2v) is 9.92. The molecule has 2 rings (SSSR count). The van der Waals surface area contributed by atoms with E-state index in [0.717, 1.165) is 34.7 Å². The third-order valence-electron chi connectivity index (χ3n) is 4.39. The lowest BCUT2D eigenvalue weighted by Crippen LogP contribution is -2.46. The summed E-state index contributed by atoms with van der Waals surface area (Å²) in [7, 11) is -2.47. The molecule has 0 radical (unpaired) electrons. The van der Waals surface area contributed by atoms with Crippen LogP contribution >= 0.6 is 11.3 Å². The molecule has 2 aromatic rings. The topological polar surface area (TPSA) is 95.6 Å². The van der Waals surface area contributed by atoms with Crippen LogP contribution in [0, 0.1) is 6.92 Å². The Morgan fingerprint density at radius 1 is 1.10 bits per heavy atom. The van der Waals surface area contributed by atoms with Gasteiger partial charge in [0, 0.05) is 11.9 Å². The average molecular weight is 438 g/mol. The Morgan fingerprint density at radius 3 is 2.34 bits per heavy atom. The number of carbonyl (C=O) groups excluding carboxylic acids is 2. The number of amides is 2. The predicted octanol–water partition coefficient (Wildman–Crippen LogP) is 2.65. The molecule has 7 nitrogen and oxygen atoms in total. The highest BCUT2D eigenvalue weighted by Gasteiger charge is 2.23. The number of nitrogens with zero attached hydrogens (tertiary/aromatic N) is 1. The fourth-order valence-electron chi connectivity index (χ4n) is 2.72. The summed E-state index contributed by atoms with van der Waals surface area (Å²) >= 11 is 1.42. The maximum absolute atomic E-state index is 12.5. The molecule has 0 saturated heterocycles. The molecule has 1 heterocycles. The predicted molar refractivity (Wildman–Crippen MR) is 114 cm³/mol. The number of carbonyl (C=O) groups is 2. The second-order valence-electron chi connectivity index (χ2n) is 6.74. The first-order chi connectivity index (χ1) is 13.7. The summed E-state index contributed by atoms with van der Waals surface area (Å²) in [5, 5.41) is 0. The van der Waals surface area contributed by atoms with Crippen molar-refractivity contribution in [1.82, 2.24) is 15.2 Å². The van der Waals surface area contributed by atoms with Crippen molar-refractivity contribution in [1.29, 1.82) is 0 Å². The lowest BCUT2D eigenvalue weighted by molar-refractivity contribution is -0.121. The van der Waals surface area contributed by atoms with E-state index in [1.54, 1.807) is 12.1 Å². The summed E-state index contributed by atoms with van der Waals surface area (Å²) in [6.45, 7) is 5.57. The van der Waals surface area contributed by atoms with Crippen LogP contribution in [-0.2, 0) is 27.7 Å². The normalized spacial score (nSPS) is 11.5. The molecule has 158 valence electrons. The minimum atomic E-state index is -3.79. The summed E-state index contributed by atoms with van der Waals surface area (Å²) in [6, 6.07) is 8.22. The summed E-state index contributed by atoms with van der Waals surface area (Å²) in [5.41, 5.74) is 6.72. The van der Waals surface area contributed by atoms with Gasteiger partial charge in [0.15, 0.2) is 0 Å². The first-order valence-electron chi connectivity index (χ1n) is 9.42. The van der Waals surface area contributed by atoms with E-state index in [1.165, 1.54) is 35.4 Å². The standard InChI is InChI=1S/C20H27N3O4S2/c1-5-7-17-15(6-2)12-18(28-17)20(25)22-21-19(24)13-23(4)29(26,27)16-10-8-14(3)9-11-16/h8-12H,5-7,13H2,1-4H3,(H,21,24)(H,22,25). The number of thiophene rings is 1. The Hall–Kier alpha value is -2.23. The first-order valence-corrected chi connectivity index (χ1v) is 11.7. The van der Waals surface area contributed by atoms with Crippen molar-refractivity contribution in [2.24, 2.45) is 0 Å². The minimum Gasteiger partial charge on any atom is -0.272 e. The van der Waals surface area contributed by atoms with Crippen LogP contribution in [-0.4, -0.2) is 38.1 Å². The molecule has 1 aromatic heterocycles.